The van der Waals surface area contributed by atoms with Crippen LogP contribution in [-0.4, -0.2) is 30.7 Å². The number of rotatable bonds is 4. The highest BCUT2D eigenvalue weighted by Gasteiger charge is 2.31. The standard InChI is InChI=1S/C24H25ClN4S/c1-16-13-21-22(28-30-16)20-7-2-3-10-27-23(20)24(21)29-12-11-26-19(15-29)9-8-17-5-4-6-18(25)14-17/h2-7,10,13-14,19,26,28H,8-9,11-12,15H2,1H3/t19-/m0/s1. The second kappa shape index (κ2) is 8.50. The van der Waals surface area contributed by atoms with Crippen molar-refractivity contribution in [3.63, 3.8) is 0 Å². The van der Waals surface area contributed by atoms with Crippen LogP contribution in [-0.2, 0) is 6.42 Å². The van der Waals surface area contributed by atoms with E-state index in [4.69, 9.17) is 16.6 Å². The van der Waals surface area contributed by atoms with Crippen molar-refractivity contribution in [1.29, 1.82) is 0 Å². The Kier molecular flexibility index (Phi) is 5.59. The predicted octanol–water partition coefficient (Wildman–Crippen LogP) is 5.69. The number of allylic oxidation sites excluding steroid dienone is 1. The maximum absolute atomic E-state index is 6.16. The van der Waals surface area contributed by atoms with Gasteiger partial charge in [-0.2, -0.15) is 0 Å². The molecular formula is C24H25ClN4S. The minimum Gasteiger partial charge on any atom is -0.366 e. The number of fused-ring (bicyclic) bond motifs is 3. The summed E-state index contributed by atoms with van der Waals surface area (Å²) >= 11 is 7.84. The number of nitrogens with zero attached hydrogens (tertiary/aromatic N) is 2. The van der Waals surface area contributed by atoms with Crippen molar-refractivity contribution in [2.75, 3.05) is 29.3 Å². The summed E-state index contributed by atoms with van der Waals surface area (Å²) in [7, 11) is 0. The first-order valence-corrected chi connectivity index (χ1v) is 11.6. The van der Waals surface area contributed by atoms with E-state index in [-0.39, 0.29) is 0 Å². The maximum atomic E-state index is 6.16. The number of hydrogen-bond donors (Lipinski definition) is 2. The molecule has 0 saturated carbocycles. The van der Waals surface area contributed by atoms with Gasteiger partial charge in [-0.15, -0.1) is 0 Å². The molecular weight excluding hydrogens is 412 g/mol. The highest BCUT2D eigenvalue weighted by Crippen LogP contribution is 2.50. The Morgan fingerprint density at radius 2 is 2.17 bits per heavy atom. The number of nitrogens with one attached hydrogen (secondary N) is 2. The molecule has 1 aromatic rings. The van der Waals surface area contributed by atoms with E-state index in [1.54, 1.807) is 11.9 Å². The molecule has 5 rings (SSSR count). The monoisotopic (exact) mass is 436 g/mol. The number of hydrogen-bond acceptors (Lipinski definition) is 5. The first kappa shape index (κ1) is 19.7. The molecule has 1 aliphatic carbocycles. The van der Waals surface area contributed by atoms with Gasteiger partial charge in [-0.25, -0.2) is 0 Å². The lowest BCUT2D eigenvalue weighted by atomic mass is 10.0. The van der Waals surface area contributed by atoms with E-state index in [0.717, 1.165) is 43.2 Å². The topological polar surface area (TPSA) is 40.2 Å². The lowest BCUT2D eigenvalue weighted by Gasteiger charge is -2.36. The number of aromatic nitrogens is 1. The van der Waals surface area contributed by atoms with Crippen LogP contribution in [0.5, 0.6) is 0 Å². The van der Waals surface area contributed by atoms with Crippen LogP contribution in [0.1, 0.15) is 24.5 Å². The second-order valence-corrected chi connectivity index (χ2v) is 9.44. The number of anilines is 2. The minimum absolute atomic E-state index is 0.437. The third kappa shape index (κ3) is 3.89. The summed E-state index contributed by atoms with van der Waals surface area (Å²) in [5.41, 5.74) is 7.29. The van der Waals surface area contributed by atoms with Crippen LogP contribution in [0, 0.1) is 0 Å². The molecule has 0 unspecified atom stereocenters. The van der Waals surface area contributed by atoms with Crippen molar-refractivity contribution in [1.82, 2.24) is 10.3 Å². The van der Waals surface area contributed by atoms with Crippen molar-refractivity contribution in [3.05, 3.63) is 69.7 Å². The van der Waals surface area contributed by atoms with Crippen LogP contribution in [0.3, 0.4) is 0 Å². The molecule has 4 aliphatic rings. The number of piperazine rings is 1. The third-order valence-corrected chi connectivity index (χ3v) is 6.82. The predicted molar refractivity (Wildman–Crippen MR) is 130 cm³/mol. The summed E-state index contributed by atoms with van der Waals surface area (Å²) in [6.45, 7) is 5.10. The van der Waals surface area contributed by atoms with Gasteiger partial charge in [0.15, 0.2) is 0 Å². The van der Waals surface area contributed by atoms with E-state index in [9.17, 15) is 0 Å². The largest absolute Gasteiger partial charge is 0.366 e. The van der Waals surface area contributed by atoms with Gasteiger partial charge in [-0.05, 0) is 61.6 Å². The summed E-state index contributed by atoms with van der Waals surface area (Å²) in [4.78, 5) is 8.62. The smallest absolute Gasteiger partial charge is 0.0963 e. The van der Waals surface area contributed by atoms with E-state index in [1.165, 1.54) is 33.0 Å². The molecule has 1 saturated heterocycles. The van der Waals surface area contributed by atoms with Crippen molar-refractivity contribution in [3.8, 4) is 11.3 Å². The van der Waals surface area contributed by atoms with Crippen molar-refractivity contribution >= 4 is 41.0 Å². The number of aryl methyl sites for hydroxylation is 1. The van der Waals surface area contributed by atoms with E-state index in [1.807, 2.05) is 24.4 Å². The zero-order valence-corrected chi connectivity index (χ0v) is 18.6. The average molecular weight is 437 g/mol. The summed E-state index contributed by atoms with van der Waals surface area (Å²) in [6.07, 6.45) is 6.31. The molecule has 3 heterocycles. The van der Waals surface area contributed by atoms with Gasteiger partial charge in [0, 0.05) is 52.9 Å². The summed E-state index contributed by atoms with van der Waals surface area (Å²) in [5.74, 6) is 0. The van der Waals surface area contributed by atoms with Gasteiger partial charge in [-0.3, -0.25) is 4.98 Å². The van der Waals surface area contributed by atoms with E-state index in [0.29, 0.717) is 6.04 Å². The number of benzene rings is 1. The van der Waals surface area contributed by atoms with Crippen LogP contribution >= 0.6 is 23.5 Å². The fourth-order valence-corrected chi connectivity index (χ4v) is 5.31. The molecule has 0 radical (unpaired) electrons. The Morgan fingerprint density at radius 1 is 1.23 bits per heavy atom. The molecule has 1 atom stereocenters. The molecule has 1 fully saturated rings. The van der Waals surface area contributed by atoms with Gasteiger partial charge in [0.25, 0.3) is 0 Å². The summed E-state index contributed by atoms with van der Waals surface area (Å²) < 4.78 is 3.55. The van der Waals surface area contributed by atoms with Crippen LogP contribution in [0.2, 0.25) is 5.02 Å². The Bertz CT molecular complexity index is 1070. The third-order valence-electron chi connectivity index (χ3n) is 5.84. The van der Waals surface area contributed by atoms with Crippen LogP contribution in [0.4, 0.5) is 11.4 Å². The van der Waals surface area contributed by atoms with E-state index in [2.05, 4.69) is 52.2 Å². The molecule has 4 nitrogen and oxygen atoms in total. The fourth-order valence-electron chi connectivity index (χ4n) is 4.44. The SMILES string of the molecule is CC1=Cc2c(c3ccccnc-3c2N2CCN[C@@H](CCc3cccc(Cl)c3)C2)NS1. The van der Waals surface area contributed by atoms with Crippen molar-refractivity contribution in [2.24, 2.45) is 0 Å². The summed E-state index contributed by atoms with van der Waals surface area (Å²) in [6, 6.07) is 14.9. The van der Waals surface area contributed by atoms with E-state index >= 15 is 0 Å². The molecule has 0 aromatic heterocycles. The molecule has 3 aliphatic heterocycles. The van der Waals surface area contributed by atoms with Crippen LogP contribution in [0.25, 0.3) is 17.3 Å². The summed E-state index contributed by atoms with van der Waals surface area (Å²) in [5, 5.41) is 4.52. The van der Waals surface area contributed by atoms with Gasteiger partial charge in [0.05, 0.1) is 17.1 Å². The van der Waals surface area contributed by atoms with Gasteiger partial charge < -0.3 is 14.9 Å². The van der Waals surface area contributed by atoms with E-state index < -0.39 is 0 Å². The van der Waals surface area contributed by atoms with Gasteiger partial charge in [-0.1, -0.05) is 35.9 Å². The highest BCUT2D eigenvalue weighted by molar-refractivity contribution is 8.04. The lowest BCUT2D eigenvalue weighted by molar-refractivity contribution is 0.434. The highest BCUT2D eigenvalue weighted by atomic mass is 35.5. The zero-order chi connectivity index (χ0) is 20.5. The Morgan fingerprint density at radius 3 is 3.07 bits per heavy atom. The fraction of sp³-hybridized carbons (Fsp3) is 0.292. The first-order chi connectivity index (χ1) is 14.7. The minimum atomic E-state index is 0.437. The molecule has 6 heteroatoms. The molecule has 0 spiro atoms. The van der Waals surface area contributed by atoms with Crippen molar-refractivity contribution < 1.29 is 0 Å². The Balaban J connectivity index is 1.42. The Labute approximate surface area is 187 Å². The Hall–Kier alpha value is -2.21. The maximum Gasteiger partial charge on any atom is 0.0963 e. The van der Waals surface area contributed by atoms with Gasteiger partial charge in [0.1, 0.15) is 0 Å². The second-order valence-electron chi connectivity index (χ2n) is 7.95. The molecule has 2 N–H and O–H groups in total. The first-order valence-electron chi connectivity index (χ1n) is 10.4. The molecule has 30 heavy (non-hydrogen) atoms. The van der Waals surface area contributed by atoms with Gasteiger partial charge >= 0.3 is 0 Å². The average Bonchev–Trinajstić information content (AvgIpc) is 2.88. The lowest BCUT2D eigenvalue weighted by Crippen LogP contribution is -2.51. The van der Waals surface area contributed by atoms with Gasteiger partial charge in [0.2, 0.25) is 0 Å². The van der Waals surface area contributed by atoms with Crippen molar-refractivity contribution in [2.45, 2.75) is 25.8 Å². The molecule has 0 amide bonds. The van der Waals surface area contributed by atoms with Crippen LogP contribution in [0.15, 0.2) is 53.6 Å². The molecule has 1 aromatic carbocycles. The zero-order valence-electron chi connectivity index (χ0n) is 17.0. The normalized spacial score (nSPS) is 18.7. The quantitative estimate of drug-likeness (QED) is 0.514. The number of halogens is 1. The molecule has 154 valence electrons. The molecule has 0 bridgehead atoms. The van der Waals surface area contributed by atoms with Crippen LogP contribution < -0.4 is 14.9 Å².